The molecule has 1 aliphatic heterocycles. The van der Waals surface area contributed by atoms with Crippen LogP contribution in [0.25, 0.3) is 0 Å². The standard InChI is InChI=1S/C10H9BrFNO/c11-7-3-4-9(8(12)6-7)13-5-1-2-10(13)14/h3-4,6H,1-2,5H2. The molecule has 1 heterocycles. The second-order valence-electron chi connectivity index (χ2n) is 3.24. The van der Waals surface area contributed by atoms with Gasteiger partial charge in [0.2, 0.25) is 5.91 Å². The van der Waals surface area contributed by atoms with Gasteiger partial charge in [0.25, 0.3) is 0 Å². The lowest BCUT2D eigenvalue weighted by Crippen LogP contribution is -2.24. The zero-order valence-electron chi connectivity index (χ0n) is 7.46. The Bertz CT molecular complexity index is 380. The predicted octanol–water partition coefficient (Wildman–Crippen LogP) is 2.72. The van der Waals surface area contributed by atoms with Crippen LogP contribution in [0.15, 0.2) is 22.7 Å². The Morgan fingerprint density at radius 2 is 2.21 bits per heavy atom. The van der Waals surface area contributed by atoms with Crippen LogP contribution in [0, 0.1) is 5.82 Å². The van der Waals surface area contributed by atoms with E-state index in [1.165, 1.54) is 11.0 Å². The number of carbonyl (C=O) groups excluding carboxylic acids is 1. The fourth-order valence-electron chi connectivity index (χ4n) is 1.60. The van der Waals surface area contributed by atoms with Gasteiger partial charge in [0, 0.05) is 17.4 Å². The van der Waals surface area contributed by atoms with Gasteiger partial charge in [-0.2, -0.15) is 0 Å². The molecule has 0 N–H and O–H groups in total. The van der Waals surface area contributed by atoms with Crippen molar-refractivity contribution in [1.82, 2.24) is 0 Å². The van der Waals surface area contributed by atoms with E-state index in [0.717, 1.165) is 6.42 Å². The number of benzene rings is 1. The van der Waals surface area contributed by atoms with Crippen molar-refractivity contribution in [2.75, 3.05) is 11.4 Å². The number of nitrogens with zero attached hydrogens (tertiary/aromatic N) is 1. The molecule has 0 spiro atoms. The number of hydrogen-bond acceptors (Lipinski definition) is 1. The molecule has 14 heavy (non-hydrogen) atoms. The molecule has 1 fully saturated rings. The zero-order valence-corrected chi connectivity index (χ0v) is 9.05. The van der Waals surface area contributed by atoms with E-state index in [2.05, 4.69) is 15.9 Å². The molecule has 4 heteroatoms. The summed E-state index contributed by atoms with van der Waals surface area (Å²) in [5.41, 5.74) is 0.385. The zero-order chi connectivity index (χ0) is 10.1. The molecule has 2 rings (SSSR count). The summed E-state index contributed by atoms with van der Waals surface area (Å²) in [5.74, 6) is -0.346. The average molecular weight is 258 g/mol. The van der Waals surface area contributed by atoms with Gasteiger partial charge in [-0.3, -0.25) is 4.79 Å². The number of anilines is 1. The molecular weight excluding hydrogens is 249 g/mol. The maximum absolute atomic E-state index is 13.5. The Hall–Kier alpha value is -0.900. The summed E-state index contributed by atoms with van der Waals surface area (Å²) in [6, 6.07) is 4.74. The second kappa shape index (κ2) is 3.69. The molecule has 0 aromatic heterocycles. The third-order valence-electron chi connectivity index (χ3n) is 2.27. The molecule has 1 saturated heterocycles. The molecule has 0 bridgehead atoms. The third kappa shape index (κ3) is 1.66. The summed E-state index contributed by atoms with van der Waals surface area (Å²) in [7, 11) is 0. The van der Waals surface area contributed by atoms with Crippen molar-refractivity contribution in [2.45, 2.75) is 12.8 Å². The summed E-state index contributed by atoms with van der Waals surface area (Å²) in [4.78, 5) is 12.9. The molecule has 1 aliphatic rings. The van der Waals surface area contributed by atoms with Gasteiger partial charge in [0.1, 0.15) is 5.82 Å². The summed E-state index contributed by atoms with van der Waals surface area (Å²) in [6.07, 6.45) is 1.34. The largest absolute Gasteiger partial charge is 0.310 e. The van der Waals surface area contributed by atoms with Crippen LogP contribution >= 0.6 is 15.9 Å². The Morgan fingerprint density at radius 3 is 2.79 bits per heavy atom. The van der Waals surface area contributed by atoms with Gasteiger partial charge in [0.05, 0.1) is 5.69 Å². The lowest BCUT2D eigenvalue weighted by molar-refractivity contribution is -0.117. The molecule has 0 unspecified atom stereocenters. The molecule has 1 aromatic rings. The molecule has 2 nitrogen and oxygen atoms in total. The second-order valence-corrected chi connectivity index (χ2v) is 4.16. The van der Waals surface area contributed by atoms with Crippen LogP contribution in [0.1, 0.15) is 12.8 Å². The van der Waals surface area contributed by atoms with Gasteiger partial charge in [-0.15, -0.1) is 0 Å². The third-order valence-corrected chi connectivity index (χ3v) is 2.77. The number of halogens is 2. The molecule has 74 valence electrons. The molecule has 0 saturated carbocycles. The molecule has 0 atom stereocenters. The summed E-state index contributed by atoms with van der Waals surface area (Å²) in [5, 5.41) is 0. The van der Waals surface area contributed by atoms with Crippen LogP contribution in [0.5, 0.6) is 0 Å². The average Bonchev–Trinajstić information content (AvgIpc) is 2.52. The minimum absolute atomic E-state index is 0.00576. The van der Waals surface area contributed by atoms with Crippen molar-refractivity contribution in [3.63, 3.8) is 0 Å². The molecule has 0 aliphatic carbocycles. The lowest BCUT2D eigenvalue weighted by atomic mass is 10.3. The fourth-order valence-corrected chi connectivity index (χ4v) is 1.94. The molecule has 1 amide bonds. The van der Waals surface area contributed by atoms with E-state index in [-0.39, 0.29) is 11.7 Å². The van der Waals surface area contributed by atoms with Gasteiger partial charge in [-0.25, -0.2) is 4.39 Å². The molecular formula is C10H9BrFNO. The van der Waals surface area contributed by atoms with Crippen molar-refractivity contribution >= 4 is 27.5 Å². The Morgan fingerprint density at radius 1 is 1.43 bits per heavy atom. The van der Waals surface area contributed by atoms with E-state index in [1.807, 2.05) is 0 Å². The Labute approximate surface area is 89.8 Å². The van der Waals surface area contributed by atoms with Crippen LogP contribution in [-0.4, -0.2) is 12.5 Å². The van der Waals surface area contributed by atoms with Crippen LogP contribution in [-0.2, 0) is 4.79 Å². The van der Waals surface area contributed by atoms with Crippen LogP contribution in [0.4, 0.5) is 10.1 Å². The maximum atomic E-state index is 13.5. The highest BCUT2D eigenvalue weighted by Gasteiger charge is 2.23. The summed E-state index contributed by atoms with van der Waals surface area (Å²) >= 11 is 3.18. The van der Waals surface area contributed by atoms with E-state index in [9.17, 15) is 9.18 Å². The minimum Gasteiger partial charge on any atom is -0.310 e. The first-order valence-electron chi connectivity index (χ1n) is 4.44. The predicted molar refractivity (Wildman–Crippen MR) is 55.7 cm³/mol. The highest BCUT2D eigenvalue weighted by atomic mass is 79.9. The van der Waals surface area contributed by atoms with Crippen molar-refractivity contribution < 1.29 is 9.18 Å². The first kappa shape index (κ1) is 9.65. The van der Waals surface area contributed by atoms with Crippen molar-refractivity contribution in [2.24, 2.45) is 0 Å². The van der Waals surface area contributed by atoms with E-state index < -0.39 is 0 Å². The van der Waals surface area contributed by atoms with Gasteiger partial charge in [0.15, 0.2) is 0 Å². The SMILES string of the molecule is O=C1CCCN1c1ccc(Br)cc1F. The van der Waals surface area contributed by atoms with Crippen LogP contribution in [0.2, 0.25) is 0 Å². The number of rotatable bonds is 1. The van der Waals surface area contributed by atoms with Crippen LogP contribution < -0.4 is 4.90 Å². The normalized spacial score (nSPS) is 16.4. The van der Waals surface area contributed by atoms with Crippen molar-refractivity contribution in [3.05, 3.63) is 28.5 Å². The van der Waals surface area contributed by atoms with Crippen molar-refractivity contribution in [3.8, 4) is 0 Å². The quantitative estimate of drug-likeness (QED) is 0.758. The number of hydrogen-bond donors (Lipinski definition) is 0. The van der Waals surface area contributed by atoms with Gasteiger partial charge < -0.3 is 4.90 Å². The minimum atomic E-state index is -0.352. The summed E-state index contributed by atoms with van der Waals surface area (Å²) in [6.45, 7) is 0.622. The van der Waals surface area contributed by atoms with E-state index in [0.29, 0.717) is 23.1 Å². The van der Waals surface area contributed by atoms with Gasteiger partial charge in [-0.1, -0.05) is 15.9 Å². The Balaban J connectivity index is 2.36. The fraction of sp³-hybridized carbons (Fsp3) is 0.300. The highest BCUT2D eigenvalue weighted by Crippen LogP contribution is 2.26. The van der Waals surface area contributed by atoms with Gasteiger partial charge in [-0.05, 0) is 24.6 Å². The first-order valence-corrected chi connectivity index (χ1v) is 5.23. The monoisotopic (exact) mass is 257 g/mol. The van der Waals surface area contributed by atoms with E-state index >= 15 is 0 Å². The Kier molecular flexibility index (Phi) is 2.54. The molecule has 0 radical (unpaired) electrons. The van der Waals surface area contributed by atoms with E-state index in [1.54, 1.807) is 12.1 Å². The van der Waals surface area contributed by atoms with Crippen LogP contribution in [0.3, 0.4) is 0 Å². The first-order chi connectivity index (χ1) is 6.68. The molecule has 1 aromatic carbocycles. The summed E-state index contributed by atoms with van der Waals surface area (Å²) < 4.78 is 14.1. The number of carbonyl (C=O) groups is 1. The van der Waals surface area contributed by atoms with E-state index in [4.69, 9.17) is 0 Å². The van der Waals surface area contributed by atoms with Gasteiger partial charge >= 0.3 is 0 Å². The maximum Gasteiger partial charge on any atom is 0.227 e. The smallest absolute Gasteiger partial charge is 0.227 e. The van der Waals surface area contributed by atoms with Crippen molar-refractivity contribution in [1.29, 1.82) is 0 Å². The highest BCUT2D eigenvalue weighted by molar-refractivity contribution is 9.10. The topological polar surface area (TPSA) is 20.3 Å². The number of amides is 1. The lowest BCUT2D eigenvalue weighted by Gasteiger charge is -2.16.